The molecule has 0 radical (unpaired) electrons. The number of nitriles is 2. The van der Waals surface area contributed by atoms with Gasteiger partial charge in [-0.1, -0.05) is 38.1 Å². The number of thiazole rings is 1. The van der Waals surface area contributed by atoms with E-state index in [0.29, 0.717) is 27.4 Å². The van der Waals surface area contributed by atoms with Crippen LogP contribution in [0.15, 0.2) is 58.9 Å². The Morgan fingerprint density at radius 3 is 2.33 bits per heavy atom. The van der Waals surface area contributed by atoms with Crippen LogP contribution in [0.1, 0.15) is 42.9 Å². The average Bonchev–Trinajstić information content (AvgIpc) is 3.41. The number of rotatable bonds is 9. The van der Waals surface area contributed by atoms with E-state index in [9.17, 15) is 15.3 Å². The molecule has 2 aromatic carbocycles. The number of hydrogen-bond acceptors (Lipinski definition) is 9. The fraction of sp³-hybridized carbons (Fsp3) is 0.207. The molecular formula is C29H26N6O2S2. The number of carbonyl (C=O) groups is 1. The molecule has 1 amide bonds. The number of nitrogens with two attached hydrogens (primary N) is 1. The molecule has 8 nitrogen and oxygen atoms in total. The first-order valence-corrected chi connectivity index (χ1v) is 14.0. The summed E-state index contributed by atoms with van der Waals surface area (Å²) in [5, 5.41) is 25.3. The molecule has 0 aliphatic carbocycles. The van der Waals surface area contributed by atoms with Gasteiger partial charge in [0.05, 0.1) is 18.4 Å². The van der Waals surface area contributed by atoms with E-state index in [-0.39, 0.29) is 29.3 Å². The number of benzene rings is 2. The van der Waals surface area contributed by atoms with Gasteiger partial charge < -0.3 is 15.8 Å². The van der Waals surface area contributed by atoms with Gasteiger partial charge >= 0.3 is 0 Å². The Morgan fingerprint density at radius 1 is 1.05 bits per heavy atom. The molecule has 3 N–H and O–H groups in total. The number of thioether (sulfide) groups is 1. The van der Waals surface area contributed by atoms with Gasteiger partial charge in [-0.2, -0.15) is 10.5 Å². The lowest BCUT2D eigenvalue weighted by Gasteiger charge is -2.14. The van der Waals surface area contributed by atoms with Crippen LogP contribution in [-0.2, 0) is 4.79 Å². The van der Waals surface area contributed by atoms with Crippen LogP contribution in [0, 0.1) is 22.7 Å². The first-order chi connectivity index (χ1) is 18.8. The number of nitrogen functional groups attached to an aromatic ring is 1. The predicted octanol–water partition coefficient (Wildman–Crippen LogP) is 6.45. The average molecular weight is 555 g/mol. The third kappa shape index (κ3) is 6.37. The number of methoxy groups -OCH3 is 1. The number of aromatic nitrogens is 2. The fourth-order valence-electron chi connectivity index (χ4n) is 3.87. The molecule has 0 unspecified atom stereocenters. The zero-order chi connectivity index (χ0) is 27.9. The third-order valence-electron chi connectivity index (χ3n) is 5.99. The van der Waals surface area contributed by atoms with Crippen molar-refractivity contribution in [3.8, 4) is 40.3 Å². The molecule has 0 saturated carbocycles. The lowest BCUT2D eigenvalue weighted by molar-refractivity contribution is -0.115. The van der Waals surface area contributed by atoms with E-state index >= 15 is 0 Å². The summed E-state index contributed by atoms with van der Waals surface area (Å²) in [7, 11) is 1.61. The van der Waals surface area contributed by atoms with Crippen molar-refractivity contribution in [2.24, 2.45) is 0 Å². The summed E-state index contributed by atoms with van der Waals surface area (Å²) in [6, 6.07) is 19.6. The summed E-state index contributed by atoms with van der Waals surface area (Å²) in [6.07, 6.45) is 0.174. The van der Waals surface area contributed by atoms with E-state index < -0.39 is 0 Å². The molecule has 0 saturated heterocycles. The zero-order valence-corrected chi connectivity index (χ0v) is 23.3. The molecule has 2 aromatic heterocycles. The molecule has 0 aliphatic heterocycles. The standard InChI is InChI=1S/C29H26N6O2S2/c1-17(2)18-4-6-20(7-5-18)26-22(14-30)27(32)35-28(23(26)15-31)38-13-12-25(36)34-29-33-24(16-39-29)19-8-10-21(37-3)11-9-19/h4-11,16-17H,12-13H2,1-3H3,(H2,32,35)(H,33,34,36). The summed E-state index contributed by atoms with van der Waals surface area (Å²) in [5.74, 6) is 1.32. The van der Waals surface area contributed by atoms with Crippen molar-refractivity contribution in [2.45, 2.75) is 31.2 Å². The molecule has 0 bridgehead atoms. The molecule has 0 aliphatic rings. The molecule has 196 valence electrons. The number of carbonyl (C=O) groups excluding carboxylic acids is 1. The second-order valence-electron chi connectivity index (χ2n) is 8.84. The van der Waals surface area contributed by atoms with Crippen LogP contribution in [0.2, 0.25) is 0 Å². The van der Waals surface area contributed by atoms with Gasteiger partial charge in [0.15, 0.2) is 5.13 Å². The maximum atomic E-state index is 12.6. The Hall–Kier alpha value is -4.38. The highest BCUT2D eigenvalue weighted by molar-refractivity contribution is 7.99. The van der Waals surface area contributed by atoms with E-state index in [1.54, 1.807) is 7.11 Å². The monoisotopic (exact) mass is 554 g/mol. The van der Waals surface area contributed by atoms with Gasteiger partial charge in [0, 0.05) is 28.7 Å². The summed E-state index contributed by atoms with van der Waals surface area (Å²) in [5.41, 5.74) is 10.6. The molecule has 0 spiro atoms. The van der Waals surface area contributed by atoms with E-state index in [1.165, 1.54) is 23.1 Å². The highest BCUT2D eigenvalue weighted by Gasteiger charge is 2.21. The summed E-state index contributed by atoms with van der Waals surface area (Å²) < 4.78 is 5.19. The van der Waals surface area contributed by atoms with Crippen LogP contribution >= 0.6 is 23.1 Å². The van der Waals surface area contributed by atoms with Gasteiger partial charge in [0.25, 0.3) is 0 Å². The first kappa shape index (κ1) is 27.6. The fourth-order valence-corrected chi connectivity index (χ4v) is 5.55. The number of anilines is 2. The Balaban J connectivity index is 1.45. The van der Waals surface area contributed by atoms with Gasteiger partial charge in [-0.05, 0) is 41.3 Å². The number of nitrogens with one attached hydrogen (secondary N) is 1. The quantitative estimate of drug-likeness (QED) is 0.225. The minimum Gasteiger partial charge on any atom is -0.497 e. The van der Waals surface area contributed by atoms with Crippen molar-refractivity contribution in [1.82, 2.24) is 9.97 Å². The summed E-state index contributed by atoms with van der Waals surface area (Å²) in [4.78, 5) is 21.4. The molecule has 4 aromatic rings. The van der Waals surface area contributed by atoms with Crippen LogP contribution < -0.4 is 15.8 Å². The molecule has 10 heteroatoms. The maximum Gasteiger partial charge on any atom is 0.226 e. The van der Waals surface area contributed by atoms with Crippen molar-refractivity contribution in [2.75, 3.05) is 23.9 Å². The number of ether oxygens (including phenoxy) is 1. The summed E-state index contributed by atoms with van der Waals surface area (Å²) in [6.45, 7) is 4.19. The van der Waals surface area contributed by atoms with Crippen LogP contribution in [0.3, 0.4) is 0 Å². The van der Waals surface area contributed by atoms with Crippen molar-refractivity contribution in [3.63, 3.8) is 0 Å². The van der Waals surface area contributed by atoms with Crippen molar-refractivity contribution in [3.05, 3.63) is 70.6 Å². The minimum absolute atomic E-state index is 0.0558. The van der Waals surface area contributed by atoms with Crippen LogP contribution in [0.25, 0.3) is 22.4 Å². The van der Waals surface area contributed by atoms with Crippen LogP contribution in [-0.4, -0.2) is 28.7 Å². The number of hydrogen-bond donors (Lipinski definition) is 2. The SMILES string of the molecule is COc1ccc(-c2csc(NC(=O)CCSc3nc(N)c(C#N)c(-c4ccc(C(C)C)cc4)c3C#N)n2)cc1. The Bertz CT molecular complexity index is 1570. The van der Waals surface area contributed by atoms with E-state index in [1.807, 2.05) is 53.9 Å². The van der Waals surface area contributed by atoms with E-state index in [0.717, 1.165) is 28.1 Å². The minimum atomic E-state index is -0.206. The largest absolute Gasteiger partial charge is 0.497 e. The zero-order valence-electron chi connectivity index (χ0n) is 21.7. The topological polar surface area (TPSA) is 138 Å². The Kier molecular flexibility index (Phi) is 8.82. The van der Waals surface area contributed by atoms with Crippen LogP contribution in [0.5, 0.6) is 5.75 Å². The van der Waals surface area contributed by atoms with Crippen molar-refractivity contribution in [1.29, 1.82) is 10.5 Å². The highest BCUT2D eigenvalue weighted by atomic mass is 32.2. The normalized spacial score (nSPS) is 10.6. The molecule has 39 heavy (non-hydrogen) atoms. The van der Waals surface area contributed by atoms with Gasteiger partial charge in [-0.25, -0.2) is 9.97 Å². The number of nitrogens with zero attached hydrogens (tertiary/aromatic N) is 4. The van der Waals surface area contributed by atoms with E-state index in [2.05, 4.69) is 41.3 Å². The Morgan fingerprint density at radius 2 is 1.72 bits per heavy atom. The predicted molar refractivity (Wildman–Crippen MR) is 156 cm³/mol. The number of amides is 1. The van der Waals surface area contributed by atoms with E-state index in [4.69, 9.17) is 10.5 Å². The number of pyridine rings is 1. The smallest absolute Gasteiger partial charge is 0.226 e. The van der Waals surface area contributed by atoms with Crippen molar-refractivity contribution < 1.29 is 9.53 Å². The van der Waals surface area contributed by atoms with Crippen LogP contribution in [0.4, 0.5) is 10.9 Å². The second kappa shape index (κ2) is 12.4. The molecule has 4 rings (SSSR count). The Labute approximate surface area is 235 Å². The first-order valence-electron chi connectivity index (χ1n) is 12.1. The third-order valence-corrected chi connectivity index (χ3v) is 7.72. The van der Waals surface area contributed by atoms with Gasteiger partial charge in [-0.15, -0.1) is 23.1 Å². The molecular weight excluding hydrogens is 528 g/mol. The molecule has 0 atom stereocenters. The van der Waals surface area contributed by atoms with Gasteiger partial charge in [-0.3, -0.25) is 4.79 Å². The molecule has 0 fully saturated rings. The van der Waals surface area contributed by atoms with Gasteiger partial charge in [0.2, 0.25) is 5.91 Å². The van der Waals surface area contributed by atoms with Gasteiger partial charge in [0.1, 0.15) is 34.3 Å². The highest BCUT2D eigenvalue weighted by Crippen LogP contribution is 2.36. The second-order valence-corrected chi connectivity index (χ2v) is 10.8. The lowest BCUT2D eigenvalue weighted by atomic mass is 9.94. The van der Waals surface area contributed by atoms with Crippen molar-refractivity contribution >= 4 is 40.0 Å². The molecule has 2 heterocycles. The lowest BCUT2D eigenvalue weighted by Crippen LogP contribution is -2.12. The maximum absolute atomic E-state index is 12.6. The summed E-state index contributed by atoms with van der Waals surface area (Å²) >= 11 is 2.60.